The maximum absolute atomic E-state index is 13.3. The molecule has 3 aromatic carbocycles. The summed E-state index contributed by atoms with van der Waals surface area (Å²) in [4.78, 5) is 42.7. The van der Waals surface area contributed by atoms with Crippen molar-refractivity contribution in [3.05, 3.63) is 95.0 Å². The quantitative estimate of drug-likeness (QED) is 0.113. The number of hydrogen-bond acceptors (Lipinski definition) is 5. The Labute approximate surface area is 257 Å². The number of carboxylic acid groups (broad SMARTS) is 1. The molecule has 0 radical (unpaired) electrons. The zero-order valence-electron chi connectivity index (χ0n) is 24.8. The molecule has 7 nitrogen and oxygen atoms in total. The average Bonchev–Trinajstić information content (AvgIpc) is 3.43. The molecule has 0 fully saturated rings. The summed E-state index contributed by atoms with van der Waals surface area (Å²) in [6, 6.07) is 25.5. The highest BCUT2D eigenvalue weighted by atomic mass is 32.1. The maximum Gasteiger partial charge on any atom is 0.306 e. The molecule has 1 aromatic heterocycles. The largest absolute Gasteiger partial charge is 0.481 e. The lowest BCUT2D eigenvalue weighted by Gasteiger charge is -2.21. The van der Waals surface area contributed by atoms with E-state index in [0.717, 1.165) is 52.9 Å². The number of rotatable bonds is 17. The number of fused-ring (bicyclic) bond motifs is 1. The Balaban J connectivity index is 1.34. The molecule has 3 N–H and O–H groups in total. The first-order valence-corrected chi connectivity index (χ1v) is 16.0. The lowest BCUT2D eigenvalue weighted by molar-refractivity contribution is -0.143. The number of nitrogens with one attached hydrogen (secondary N) is 2. The molecule has 0 aliphatic rings. The van der Waals surface area contributed by atoms with Gasteiger partial charge in [0.1, 0.15) is 0 Å². The fourth-order valence-electron chi connectivity index (χ4n) is 5.28. The third-order valence-electron chi connectivity index (χ3n) is 7.64. The number of para-hydroxylation sites is 2. The number of aryl methyl sites for hydroxylation is 3. The number of aromatic nitrogens is 1. The number of benzene rings is 3. The first-order valence-electron chi connectivity index (χ1n) is 15.2. The summed E-state index contributed by atoms with van der Waals surface area (Å²) in [6.45, 7) is 1.98. The predicted octanol–water partition coefficient (Wildman–Crippen LogP) is 7.06. The number of aliphatic carboxylic acids is 1. The number of unbranched alkanes of at least 4 members (excludes halogenated alkanes) is 1. The van der Waals surface area contributed by atoms with Crippen molar-refractivity contribution in [2.24, 2.45) is 11.8 Å². The Morgan fingerprint density at radius 1 is 0.814 bits per heavy atom. The molecule has 0 saturated heterocycles. The van der Waals surface area contributed by atoms with Gasteiger partial charge in [0, 0.05) is 11.6 Å². The topological polar surface area (TPSA) is 108 Å². The third-order valence-corrected chi connectivity index (χ3v) is 8.74. The normalized spacial score (nSPS) is 12.5. The van der Waals surface area contributed by atoms with Crippen LogP contribution < -0.4 is 10.6 Å². The van der Waals surface area contributed by atoms with Crippen LogP contribution in [0.5, 0.6) is 0 Å². The molecule has 0 aliphatic carbocycles. The summed E-state index contributed by atoms with van der Waals surface area (Å²) in [5.41, 5.74) is 4.04. The van der Waals surface area contributed by atoms with E-state index in [1.165, 1.54) is 5.56 Å². The summed E-state index contributed by atoms with van der Waals surface area (Å²) in [6.07, 6.45) is 6.37. The highest BCUT2D eigenvalue weighted by molar-refractivity contribution is 7.18. The maximum atomic E-state index is 13.3. The van der Waals surface area contributed by atoms with Crippen molar-refractivity contribution >= 4 is 45.0 Å². The molecule has 0 aliphatic heterocycles. The zero-order valence-corrected chi connectivity index (χ0v) is 25.6. The van der Waals surface area contributed by atoms with Crippen LogP contribution in [0.3, 0.4) is 0 Å². The standard InChI is InChI=1S/C35H41N3O4S/c1-2-10-25-17-19-26(20-18-25)21-22-27(34(40)36-24-32(39)37-29-12-4-3-5-13-29)23-28(35(41)42)11-6-9-16-33-38-30-14-7-8-15-31(30)43-33/h3-5,7-8,12-15,17-20,27-28H,2,6,9-11,16,21-24H2,1H3,(H,36,40)(H,37,39)(H,41,42)/t27-,28?/m1/s1. The monoisotopic (exact) mass is 599 g/mol. The minimum Gasteiger partial charge on any atom is -0.481 e. The van der Waals surface area contributed by atoms with Crippen LogP contribution in [0.4, 0.5) is 5.69 Å². The molecule has 4 rings (SSSR count). The summed E-state index contributed by atoms with van der Waals surface area (Å²) in [5.74, 6) is -2.66. The van der Waals surface area contributed by atoms with E-state index < -0.39 is 17.8 Å². The van der Waals surface area contributed by atoms with Gasteiger partial charge in [0.25, 0.3) is 0 Å². The summed E-state index contributed by atoms with van der Waals surface area (Å²) in [7, 11) is 0. The van der Waals surface area contributed by atoms with E-state index in [-0.39, 0.29) is 24.8 Å². The van der Waals surface area contributed by atoms with E-state index >= 15 is 0 Å². The van der Waals surface area contributed by atoms with Gasteiger partial charge >= 0.3 is 5.97 Å². The Bertz CT molecular complexity index is 1440. The Kier molecular flexibility index (Phi) is 12.3. The van der Waals surface area contributed by atoms with E-state index in [9.17, 15) is 19.5 Å². The first-order chi connectivity index (χ1) is 20.9. The molecule has 0 bridgehead atoms. The van der Waals surface area contributed by atoms with Gasteiger partial charge in [-0.1, -0.05) is 74.4 Å². The van der Waals surface area contributed by atoms with Crippen LogP contribution in [0.2, 0.25) is 0 Å². The van der Waals surface area contributed by atoms with Crippen molar-refractivity contribution in [2.75, 3.05) is 11.9 Å². The lowest BCUT2D eigenvalue weighted by Crippen LogP contribution is -2.38. The van der Waals surface area contributed by atoms with Crippen LogP contribution in [-0.2, 0) is 33.6 Å². The van der Waals surface area contributed by atoms with Crippen LogP contribution in [0.25, 0.3) is 10.2 Å². The van der Waals surface area contributed by atoms with E-state index in [0.29, 0.717) is 24.9 Å². The lowest BCUT2D eigenvalue weighted by atomic mass is 9.86. The Morgan fingerprint density at radius 3 is 2.21 bits per heavy atom. The molecule has 226 valence electrons. The van der Waals surface area contributed by atoms with Crippen LogP contribution in [0.15, 0.2) is 78.9 Å². The Morgan fingerprint density at radius 2 is 1.51 bits per heavy atom. The number of thiazole rings is 1. The molecule has 1 unspecified atom stereocenters. The average molecular weight is 600 g/mol. The fourth-order valence-corrected chi connectivity index (χ4v) is 6.29. The molecule has 2 amide bonds. The van der Waals surface area contributed by atoms with Gasteiger partial charge in [-0.25, -0.2) is 4.98 Å². The number of carboxylic acids is 1. The minimum atomic E-state index is -0.886. The number of nitrogens with zero attached hydrogens (tertiary/aromatic N) is 1. The van der Waals surface area contributed by atoms with Crippen molar-refractivity contribution in [3.8, 4) is 0 Å². The van der Waals surface area contributed by atoms with E-state index in [2.05, 4.69) is 52.9 Å². The van der Waals surface area contributed by atoms with Gasteiger partial charge in [0.15, 0.2) is 0 Å². The van der Waals surface area contributed by atoms with Crippen molar-refractivity contribution in [1.29, 1.82) is 0 Å². The Hall–Kier alpha value is -4.04. The minimum absolute atomic E-state index is 0.171. The number of hydrogen-bond donors (Lipinski definition) is 3. The smallest absolute Gasteiger partial charge is 0.306 e. The number of carbonyl (C=O) groups is 3. The van der Waals surface area contributed by atoms with Gasteiger partial charge in [0.05, 0.1) is 27.7 Å². The van der Waals surface area contributed by atoms with E-state index in [1.807, 2.05) is 36.4 Å². The zero-order chi connectivity index (χ0) is 30.4. The van der Waals surface area contributed by atoms with Gasteiger partial charge in [-0.2, -0.15) is 0 Å². The summed E-state index contributed by atoms with van der Waals surface area (Å²) in [5, 5.41) is 16.6. The molecule has 2 atom stereocenters. The van der Waals surface area contributed by atoms with Gasteiger partial charge in [-0.3, -0.25) is 14.4 Å². The van der Waals surface area contributed by atoms with Crippen molar-refractivity contribution in [1.82, 2.24) is 10.3 Å². The van der Waals surface area contributed by atoms with Crippen LogP contribution in [0, 0.1) is 11.8 Å². The summed E-state index contributed by atoms with van der Waals surface area (Å²) >= 11 is 1.68. The summed E-state index contributed by atoms with van der Waals surface area (Å²) < 4.78 is 1.16. The molecule has 43 heavy (non-hydrogen) atoms. The fraction of sp³-hybridized carbons (Fsp3) is 0.371. The molecule has 4 aromatic rings. The number of amides is 2. The van der Waals surface area contributed by atoms with Crippen LogP contribution in [-0.4, -0.2) is 34.4 Å². The molecular weight excluding hydrogens is 558 g/mol. The molecule has 1 heterocycles. The molecule has 0 spiro atoms. The van der Waals surface area contributed by atoms with Crippen molar-refractivity contribution in [3.63, 3.8) is 0 Å². The van der Waals surface area contributed by atoms with Crippen LogP contribution >= 0.6 is 11.3 Å². The van der Waals surface area contributed by atoms with E-state index in [1.54, 1.807) is 23.5 Å². The van der Waals surface area contributed by atoms with Crippen molar-refractivity contribution in [2.45, 2.75) is 64.7 Å². The highest BCUT2D eigenvalue weighted by Crippen LogP contribution is 2.26. The number of anilines is 1. The van der Waals surface area contributed by atoms with E-state index in [4.69, 9.17) is 0 Å². The molecule has 8 heteroatoms. The SMILES string of the molecule is CCCc1ccc(CC[C@H](CC(CCCCc2nc3ccccc3s2)C(=O)O)C(=O)NCC(=O)Nc2ccccc2)cc1. The number of carbonyl (C=O) groups excluding carboxylic acids is 2. The van der Waals surface area contributed by atoms with Gasteiger partial charge in [-0.15, -0.1) is 11.3 Å². The second kappa shape index (κ2) is 16.6. The van der Waals surface area contributed by atoms with Crippen LogP contribution in [0.1, 0.15) is 61.6 Å². The van der Waals surface area contributed by atoms with Gasteiger partial charge in [-0.05, 0) is 80.3 Å². The second-order valence-electron chi connectivity index (χ2n) is 11.0. The molecule has 0 saturated carbocycles. The molecular formula is C35H41N3O4S. The highest BCUT2D eigenvalue weighted by Gasteiger charge is 2.27. The predicted molar refractivity (Wildman–Crippen MR) is 173 cm³/mol. The third kappa shape index (κ3) is 10.3. The first kappa shape index (κ1) is 31.9. The van der Waals surface area contributed by atoms with Gasteiger partial charge in [0.2, 0.25) is 11.8 Å². The van der Waals surface area contributed by atoms with Gasteiger partial charge < -0.3 is 15.7 Å². The van der Waals surface area contributed by atoms with Crippen molar-refractivity contribution < 1.29 is 19.5 Å². The second-order valence-corrected chi connectivity index (χ2v) is 12.1.